The van der Waals surface area contributed by atoms with Crippen LogP contribution in [0.4, 0.5) is 5.69 Å². The Morgan fingerprint density at radius 3 is 2.38 bits per heavy atom. The van der Waals surface area contributed by atoms with Crippen LogP contribution in [0, 0.1) is 0 Å². The summed E-state index contributed by atoms with van der Waals surface area (Å²) in [5.74, 6) is -0.292. The number of nitrogens with zero attached hydrogens (tertiary/aromatic N) is 3. The summed E-state index contributed by atoms with van der Waals surface area (Å²) in [5.41, 5.74) is 0.677. The molecular weight excluding hydrogens is 426 g/mol. The monoisotopic (exact) mass is 463 g/mol. The summed E-state index contributed by atoms with van der Waals surface area (Å²) in [7, 11) is 0. The number of anilines is 1. The van der Waals surface area contributed by atoms with E-state index in [1.165, 1.54) is 30.6 Å². The molecule has 0 spiro atoms. The van der Waals surface area contributed by atoms with Crippen molar-refractivity contribution in [2.45, 2.75) is 78.1 Å². The Kier molecular flexibility index (Phi) is 11.6. The molecule has 0 unspecified atom stereocenters. The standard InChI is InChI=1S/C25H38ClN3O3/c1-3-5-7-8-9-10-11-15-23(30)27(16-6-4-2)18-24(31)28-19-25(32)29(20-28)22-14-12-13-21(26)17-22/h12-14,17H,3-11,15-16,18-20H2,1-2H3. The maximum absolute atomic E-state index is 12.9. The highest BCUT2D eigenvalue weighted by Gasteiger charge is 2.32. The fraction of sp³-hybridized carbons (Fsp3) is 0.640. The van der Waals surface area contributed by atoms with Gasteiger partial charge in [0.1, 0.15) is 13.2 Å². The lowest BCUT2D eigenvalue weighted by Crippen LogP contribution is -2.43. The van der Waals surface area contributed by atoms with Crippen molar-refractivity contribution in [1.29, 1.82) is 0 Å². The first-order chi connectivity index (χ1) is 15.5. The van der Waals surface area contributed by atoms with Gasteiger partial charge >= 0.3 is 0 Å². The summed E-state index contributed by atoms with van der Waals surface area (Å²) in [6, 6.07) is 7.05. The summed E-state index contributed by atoms with van der Waals surface area (Å²) >= 11 is 6.04. The fourth-order valence-electron chi connectivity index (χ4n) is 3.88. The highest BCUT2D eigenvalue weighted by molar-refractivity contribution is 6.31. The SMILES string of the molecule is CCCCCCCCCC(=O)N(CCCC)CC(=O)N1CC(=O)N(c2cccc(Cl)c2)C1. The quantitative estimate of drug-likeness (QED) is 0.354. The molecule has 3 amide bonds. The predicted octanol–water partition coefficient (Wildman–Crippen LogP) is 5.24. The van der Waals surface area contributed by atoms with Gasteiger partial charge < -0.3 is 9.80 Å². The first-order valence-electron chi connectivity index (χ1n) is 12.1. The third-order valence-corrected chi connectivity index (χ3v) is 6.10. The average Bonchev–Trinajstić information content (AvgIpc) is 3.17. The van der Waals surface area contributed by atoms with Crippen molar-refractivity contribution in [3.05, 3.63) is 29.3 Å². The predicted molar refractivity (Wildman–Crippen MR) is 130 cm³/mol. The van der Waals surface area contributed by atoms with Crippen molar-refractivity contribution in [1.82, 2.24) is 9.80 Å². The number of amides is 3. The van der Waals surface area contributed by atoms with E-state index < -0.39 is 0 Å². The van der Waals surface area contributed by atoms with Gasteiger partial charge in [0.2, 0.25) is 17.7 Å². The van der Waals surface area contributed by atoms with Gasteiger partial charge in [0.15, 0.2) is 0 Å². The van der Waals surface area contributed by atoms with Crippen molar-refractivity contribution in [3.8, 4) is 0 Å². The van der Waals surface area contributed by atoms with Crippen LogP contribution in [-0.4, -0.2) is 53.8 Å². The molecule has 7 heteroatoms. The Bertz CT molecular complexity index is 756. The maximum Gasteiger partial charge on any atom is 0.248 e. The number of benzene rings is 1. The molecule has 178 valence electrons. The topological polar surface area (TPSA) is 60.9 Å². The number of hydrogen-bond acceptors (Lipinski definition) is 3. The van der Waals surface area contributed by atoms with Crippen LogP contribution in [0.25, 0.3) is 0 Å². The molecular formula is C25H38ClN3O3. The molecule has 1 aromatic rings. The molecule has 0 saturated carbocycles. The molecule has 0 N–H and O–H groups in total. The zero-order valence-corrected chi connectivity index (χ0v) is 20.4. The van der Waals surface area contributed by atoms with Crippen molar-refractivity contribution < 1.29 is 14.4 Å². The molecule has 0 aliphatic carbocycles. The molecule has 0 aromatic heterocycles. The summed E-state index contributed by atoms with van der Waals surface area (Å²) < 4.78 is 0. The van der Waals surface area contributed by atoms with E-state index in [2.05, 4.69) is 13.8 Å². The molecule has 0 bridgehead atoms. The summed E-state index contributed by atoms with van der Waals surface area (Å²) in [4.78, 5) is 42.9. The number of hydrogen-bond donors (Lipinski definition) is 0. The second kappa shape index (κ2) is 14.1. The lowest BCUT2D eigenvalue weighted by molar-refractivity contribution is -0.140. The Balaban J connectivity index is 1.86. The molecule has 6 nitrogen and oxygen atoms in total. The van der Waals surface area contributed by atoms with Crippen LogP contribution in [0.2, 0.25) is 5.02 Å². The Hall–Kier alpha value is -2.08. The Morgan fingerprint density at radius 1 is 1.00 bits per heavy atom. The van der Waals surface area contributed by atoms with E-state index >= 15 is 0 Å². The van der Waals surface area contributed by atoms with Gasteiger partial charge in [-0.25, -0.2) is 0 Å². The van der Waals surface area contributed by atoms with Crippen LogP contribution in [0.15, 0.2) is 24.3 Å². The molecule has 2 rings (SSSR count). The molecule has 1 heterocycles. The second-order valence-corrected chi connectivity index (χ2v) is 9.01. The normalized spacial score (nSPS) is 13.7. The van der Waals surface area contributed by atoms with Crippen LogP contribution >= 0.6 is 11.6 Å². The number of unbranched alkanes of at least 4 members (excludes halogenated alkanes) is 7. The van der Waals surface area contributed by atoms with E-state index in [-0.39, 0.29) is 37.5 Å². The molecule has 0 atom stereocenters. The van der Waals surface area contributed by atoms with E-state index in [1.807, 2.05) is 0 Å². The molecule has 1 saturated heterocycles. The highest BCUT2D eigenvalue weighted by atomic mass is 35.5. The zero-order valence-electron chi connectivity index (χ0n) is 19.7. The minimum Gasteiger partial charge on any atom is -0.333 e. The maximum atomic E-state index is 12.9. The third kappa shape index (κ3) is 8.45. The van der Waals surface area contributed by atoms with Gasteiger partial charge in [-0.1, -0.05) is 76.5 Å². The molecule has 1 fully saturated rings. The molecule has 1 aliphatic heterocycles. The number of rotatable bonds is 14. The Morgan fingerprint density at radius 2 is 1.69 bits per heavy atom. The van der Waals surface area contributed by atoms with Crippen LogP contribution in [0.1, 0.15) is 78.1 Å². The van der Waals surface area contributed by atoms with Gasteiger partial charge in [0.05, 0.1) is 6.54 Å². The van der Waals surface area contributed by atoms with Crippen molar-refractivity contribution in [2.24, 2.45) is 0 Å². The van der Waals surface area contributed by atoms with E-state index in [1.54, 1.807) is 34.1 Å². The van der Waals surface area contributed by atoms with Crippen molar-refractivity contribution in [2.75, 3.05) is 31.2 Å². The lowest BCUT2D eigenvalue weighted by Gasteiger charge is -2.25. The van der Waals surface area contributed by atoms with E-state index in [0.29, 0.717) is 23.7 Å². The smallest absolute Gasteiger partial charge is 0.248 e. The number of halogens is 1. The van der Waals surface area contributed by atoms with Crippen LogP contribution < -0.4 is 4.90 Å². The van der Waals surface area contributed by atoms with Gasteiger partial charge in [0.25, 0.3) is 0 Å². The first kappa shape index (κ1) is 26.2. The molecule has 1 aliphatic rings. The number of carbonyl (C=O) groups excluding carboxylic acids is 3. The molecule has 0 radical (unpaired) electrons. The lowest BCUT2D eigenvalue weighted by atomic mass is 10.1. The minimum atomic E-state index is -0.188. The van der Waals surface area contributed by atoms with Gasteiger partial charge in [-0.15, -0.1) is 0 Å². The van der Waals surface area contributed by atoms with Crippen LogP contribution in [-0.2, 0) is 14.4 Å². The summed E-state index contributed by atoms with van der Waals surface area (Å²) in [5, 5.41) is 0.543. The first-order valence-corrected chi connectivity index (χ1v) is 12.5. The van der Waals surface area contributed by atoms with E-state index in [4.69, 9.17) is 11.6 Å². The molecule has 1 aromatic carbocycles. The summed E-state index contributed by atoms with van der Waals surface area (Å²) in [6.45, 7) is 5.11. The fourth-order valence-corrected chi connectivity index (χ4v) is 4.07. The minimum absolute atomic E-state index is 0.0267. The van der Waals surface area contributed by atoms with Gasteiger partial charge in [-0.3, -0.25) is 19.3 Å². The zero-order chi connectivity index (χ0) is 23.3. The summed E-state index contributed by atoms with van der Waals surface area (Å²) in [6.07, 6.45) is 10.4. The highest BCUT2D eigenvalue weighted by Crippen LogP contribution is 2.23. The van der Waals surface area contributed by atoms with Gasteiger partial charge in [-0.2, -0.15) is 0 Å². The number of carbonyl (C=O) groups is 3. The third-order valence-electron chi connectivity index (χ3n) is 5.87. The van der Waals surface area contributed by atoms with Crippen LogP contribution in [0.5, 0.6) is 0 Å². The van der Waals surface area contributed by atoms with Crippen molar-refractivity contribution in [3.63, 3.8) is 0 Å². The second-order valence-electron chi connectivity index (χ2n) is 8.57. The van der Waals surface area contributed by atoms with Gasteiger partial charge in [-0.05, 0) is 31.0 Å². The average molecular weight is 464 g/mol. The van der Waals surface area contributed by atoms with Gasteiger partial charge in [0, 0.05) is 23.7 Å². The largest absolute Gasteiger partial charge is 0.333 e. The van der Waals surface area contributed by atoms with E-state index in [0.717, 1.165) is 32.1 Å². The van der Waals surface area contributed by atoms with Crippen LogP contribution in [0.3, 0.4) is 0 Å². The molecule has 32 heavy (non-hydrogen) atoms. The van der Waals surface area contributed by atoms with Crippen molar-refractivity contribution >= 4 is 35.0 Å². The Labute approximate surface area is 197 Å². The van der Waals surface area contributed by atoms with E-state index in [9.17, 15) is 14.4 Å².